The van der Waals surface area contributed by atoms with Crippen LogP contribution in [0.1, 0.15) is 43.2 Å². The molecule has 2 N–H and O–H groups in total. The van der Waals surface area contributed by atoms with Crippen LogP contribution in [0.15, 0.2) is 18.2 Å². The smallest absolute Gasteiger partial charge is 0.223 e. The number of benzene rings is 1. The van der Waals surface area contributed by atoms with E-state index in [0.717, 1.165) is 43.5 Å². The molecule has 1 amide bonds. The topological polar surface area (TPSA) is 46.3 Å². The highest BCUT2D eigenvalue weighted by molar-refractivity contribution is 5.77. The standard InChI is InChI=1S/C18H24N2O/c19-17-4-3-13-5-6-20(11-16(13)9-17)18(21)10-15-8-12-1-2-14(15)7-12/h3-4,9,12,14-15H,1-2,5-8,10-11,19H2. The molecule has 1 aromatic rings. The first-order chi connectivity index (χ1) is 10.2. The Morgan fingerprint density at radius 1 is 1.24 bits per heavy atom. The fourth-order valence-corrected chi connectivity index (χ4v) is 4.77. The van der Waals surface area contributed by atoms with Crippen molar-refractivity contribution < 1.29 is 4.79 Å². The number of hydrogen-bond donors (Lipinski definition) is 1. The van der Waals surface area contributed by atoms with E-state index in [9.17, 15) is 4.79 Å². The second kappa shape index (κ2) is 5.04. The lowest BCUT2D eigenvalue weighted by molar-refractivity contribution is -0.133. The highest BCUT2D eigenvalue weighted by Crippen LogP contribution is 2.49. The van der Waals surface area contributed by atoms with E-state index < -0.39 is 0 Å². The molecule has 0 spiro atoms. The van der Waals surface area contributed by atoms with Crippen molar-refractivity contribution in [2.24, 2.45) is 17.8 Å². The second-order valence-corrected chi connectivity index (χ2v) is 7.23. The molecule has 21 heavy (non-hydrogen) atoms. The molecular formula is C18H24N2O. The van der Waals surface area contributed by atoms with Gasteiger partial charge in [-0.05, 0) is 66.7 Å². The summed E-state index contributed by atoms with van der Waals surface area (Å²) in [6.45, 7) is 1.62. The quantitative estimate of drug-likeness (QED) is 0.849. The number of fused-ring (bicyclic) bond motifs is 3. The van der Waals surface area contributed by atoms with Gasteiger partial charge in [0.25, 0.3) is 0 Å². The Morgan fingerprint density at radius 3 is 2.90 bits per heavy atom. The van der Waals surface area contributed by atoms with E-state index in [0.29, 0.717) is 11.8 Å². The van der Waals surface area contributed by atoms with Gasteiger partial charge in [0.05, 0.1) is 0 Å². The van der Waals surface area contributed by atoms with Crippen LogP contribution in [0.3, 0.4) is 0 Å². The summed E-state index contributed by atoms with van der Waals surface area (Å²) in [4.78, 5) is 14.7. The maximum atomic E-state index is 12.6. The van der Waals surface area contributed by atoms with Crippen molar-refractivity contribution in [3.63, 3.8) is 0 Å². The third-order valence-electron chi connectivity index (χ3n) is 5.92. The van der Waals surface area contributed by atoms with E-state index in [1.54, 1.807) is 0 Å². The van der Waals surface area contributed by atoms with Crippen LogP contribution in [0.5, 0.6) is 0 Å². The first-order valence-corrected chi connectivity index (χ1v) is 8.34. The minimum Gasteiger partial charge on any atom is -0.399 e. The van der Waals surface area contributed by atoms with Gasteiger partial charge < -0.3 is 10.6 Å². The monoisotopic (exact) mass is 284 g/mol. The van der Waals surface area contributed by atoms with Crippen molar-refractivity contribution >= 4 is 11.6 Å². The number of amides is 1. The van der Waals surface area contributed by atoms with Gasteiger partial charge in [-0.3, -0.25) is 4.79 Å². The number of nitrogens with two attached hydrogens (primary N) is 1. The summed E-state index contributed by atoms with van der Waals surface area (Å²) in [5.41, 5.74) is 9.27. The van der Waals surface area contributed by atoms with Gasteiger partial charge in [0.1, 0.15) is 0 Å². The van der Waals surface area contributed by atoms with E-state index in [2.05, 4.69) is 6.07 Å². The highest BCUT2D eigenvalue weighted by atomic mass is 16.2. The number of anilines is 1. The Kier molecular flexibility index (Phi) is 3.16. The molecule has 2 bridgehead atoms. The fourth-order valence-electron chi connectivity index (χ4n) is 4.77. The van der Waals surface area contributed by atoms with Crippen LogP contribution in [-0.2, 0) is 17.8 Å². The lowest BCUT2D eigenvalue weighted by Gasteiger charge is -2.31. The van der Waals surface area contributed by atoms with Gasteiger partial charge in [-0.15, -0.1) is 0 Å². The average molecular weight is 284 g/mol. The normalized spacial score (nSPS) is 30.5. The minimum absolute atomic E-state index is 0.362. The third kappa shape index (κ3) is 2.43. The first kappa shape index (κ1) is 13.2. The summed E-state index contributed by atoms with van der Waals surface area (Å²) in [6.07, 6.45) is 7.20. The van der Waals surface area contributed by atoms with Gasteiger partial charge in [-0.25, -0.2) is 0 Å². The molecule has 112 valence electrons. The molecule has 2 fully saturated rings. The lowest BCUT2D eigenvalue weighted by Crippen LogP contribution is -2.37. The number of hydrogen-bond acceptors (Lipinski definition) is 2. The molecule has 3 atom stereocenters. The van der Waals surface area contributed by atoms with Crippen molar-refractivity contribution in [1.29, 1.82) is 0 Å². The van der Waals surface area contributed by atoms with Gasteiger partial charge in [-0.2, -0.15) is 0 Å². The Morgan fingerprint density at radius 2 is 2.14 bits per heavy atom. The van der Waals surface area contributed by atoms with E-state index in [4.69, 9.17) is 5.73 Å². The number of nitrogens with zero attached hydrogens (tertiary/aromatic N) is 1. The summed E-state index contributed by atoms with van der Waals surface area (Å²) < 4.78 is 0. The molecule has 2 saturated carbocycles. The van der Waals surface area contributed by atoms with Crippen molar-refractivity contribution in [2.75, 3.05) is 12.3 Å². The van der Waals surface area contributed by atoms with Crippen molar-refractivity contribution in [3.05, 3.63) is 29.3 Å². The molecule has 0 aromatic heterocycles. The molecule has 1 aromatic carbocycles. The molecule has 0 saturated heterocycles. The Bertz CT molecular complexity index is 568. The highest BCUT2D eigenvalue weighted by Gasteiger charge is 2.40. The molecule has 3 unspecified atom stereocenters. The number of nitrogen functional groups attached to an aromatic ring is 1. The summed E-state index contributed by atoms with van der Waals surface area (Å²) >= 11 is 0. The summed E-state index contributed by atoms with van der Waals surface area (Å²) in [5.74, 6) is 2.79. The largest absolute Gasteiger partial charge is 0.399 e. The maximum absolute atomic E-state index is 12.6. The van der Waals surface area contributed by atoms with Crippen molar-refractivity contribution in [3.8, 4) is 0 Å². The van der Waals surface area contributed by atoms with E-state index in [1.807, 2.05) is 17.0 Å². The molecule has 3 aliphatic rings. The summed E-state index contributed by atoms with van der Waals surface area (Å²) in [6, 6.07) is 6.11. The third-order valence-corrected chi connectivity index (χ3v) is 5.92. The molecule has 3 heteroatoms. The van der Waals surface area contributed by atoms with Crippen LogP contribution in [-0.4, -0.2) is 17.4 Å². The van der Waals surface area contributed by atoms with Crippen LogP contribution in [0.25, 0.3) is 0 Å². The first-order valence-electron chi connectivity index (χ1n) is 8.34. The molecule has 3 nitrogen and oxygen atoms in total. The van der Waals surface area contributed by atoms with Crippen LogP contribution < -0.4 is 5.73 Å². The van der Waals surface area contributed by atoms with Crippen LogP contribution in [0, 0.1) is 17.8 Å². The Labute approximate surface area is 126 Å². The zero-order valence-electron chi connectivity index (χ0n) is 12.6. The predicted octanol–water partition coefficient (Wildman–Crippen LogP) is 2.98. The van der Waals surface area contributed by atoms with Gasteiger partial charge in [0.2, 0.25) is 5.91 Å². The van der Waals surface area contributed by atoms with Crippen LogP contribution in [0.2, 0.25) is 0 Å². The molecule has 0 radical (unpaired) electrons. The van der Waals surface area contributed by atoms with Gasteiger partial charge >= 0.3 is 0 Å². The molecule has 4 rings (SSSR count). The number of carbonyl (C=O) groups excluding carboxylic acids is 1. The van der Waals surface area contributed by atoms with Gasteiger partial charge in [0.15, 0.2) is 0 Å². The van der Waals surface area contributed by atoms with Gasteiger partial charge in [0, 0.05) is 25.2 Å². The van der Waals surface area contributed by atoms with Crippen LogP contribution in [0.4, 0.5) is 5.69 Å². The molecular weight excluding hydrogens is 260 g/mol. The number of carbonyl (C=O) groups is 1. The van der Waals surface area contributed by atoms with Gasteiger partial charge in [-0.1, -0.05) is 12.5 Å². The zero-order chi connectivity index (χ0) is 14.4. The molecule has 1 aliphatic heterocycles. The van der Waals surface area contributed by atoms with Crippen molar-refractivity contribution in [1.82, 2.24) is 4.90 Å². The fraction of sp³-hybridized carbons (Fsp3) is 0.611. The maximum Gasteiger partial charge on any atom is 0.223 e. The van der Waals surface area contributed by atoms with Crippen LogP contribution >= 0.6 is 0 Å². The minimum atomic E-state index is 0.362. The molecule has 2 aliphatic carbocycles. The van der Waals surface area contributed by atoms with E-state index >= 15 is 0 Å². The average Bonchev–Trinajstić information content (AvgIpc) is 3.09. The van der Waals surface area contributed by atoms with E-state index in [1.165, 1.54) is 36.8 Å². The zero-order valence-corrected chi connectivity index (χ0v) is 12.6. The Hall–Kier alpha value is -1.51. The Balaban J connectivity index is 1.42. The summed E-state index contributed by atoms with van der Waals surface area (Å²) in [5, 5.41) is 0. The SMILES string of the molecule is Nc1ccc2c(c1)CN(C(=O)CC1CC3CCC1C3)CC2. The summed E-state index contributed by atoms with van der Waals surface area (Å²) in [7, 11) is 0. The predicted molar refractivity (Wildman–Crippen MR) is 83.5 cm³/mol. The lowest BCUT2D eigenvalue weighted by atomic mass is 9.86. The molecule has 1 heterocycles. The number of rotatable bonds is 2. The van der Waals surface area contributed by atoms with E-state index in [-0.39, 0.29) is 0 Å². The second-order valence-electron chi connectivity index (χ2n) is 7.23. The van der Waals surface area contributed by atoms with Crippen molar-refractivity contribution in [2.45, 2.75) is 45.1 Å².